The standard InChI is InChI=1S/C8H7ClN4O2/c1-4-10-11-7-5(8(14)15-2)3-6(9)12-13(4)7/h3H,1-2H3. The molecular weight excluding hydrogens is 220 g/mol. The largest absolute Gasteiger partial charge is 0.465 e. The monoisotopic (exact) mass is 226 g/mol. The molecule has 0 bridgehead atoms. The van der Waals surface area contributed by atoms with Gasteiger partial charge in [-0.3, -0.25) is 0 Å². The molecule has 0 aliphatic rings. The second-order valence-corrected chi connectivity index (χ2v) is 3.24. The van der Waals surface area contributed by atoms with Crippen LogP contribution in [0.3, 0.4) is 0 Å². The van der Waals surface area contributed by atoms with Crippen LogP contribution in [-0.4, -0.2) is 32.9 Å². The average molecular weight is 227 g/mol. The molecule has 0 N–H and O–H groups in total. The zero-order chi connectivity index (χ0) is 11.0. The smallest absolute Gasteiger partial charge is 0.341 e. The minimum absolute atomic E-state index is 0.186. The molecule has 2 rings (SSSR count). The van der Waals surface area contributed by atoms with Crippen molar-refractivity contribution in [3.05, 3.63) is 22.6 Å². The number of nitrogens with zero attached hydrogens (tertiary/aromatic N) is 4. The van der Waals surface area contributed by atoms with Crippen LogP contribution >= 0.6 is 11.6 Å². The number of methoxy groups -OCH3 is 1. The molecular formula is C8H7ClN4O2. The Bertz CT molecular complexity index is 537. The molecule has 6 nitrogen and oxygen atoms in total. The molecule has 7 heteroatoms. The van der Waals surface area contributed by atoms with E-state index in [2.05, 4.69) is 20.0 Å². The third-order valence-corrected chi connectivity index (χ3v) is 2.09. The van der Waals surface area contributed by atoms with Gasteiger partial charge in [-0.1, -0.05) is 11.6 Å². The SMILES string of the molecule is COC(=O)c1cc(Cl)nn2c(C)nnc12. The van der Waals surface area contributed by atoms with Crippen LogP contribution in [0.2, 0.25) is 5.15 Å². The number of carbonyl (C=O) groups is 1. The third kappa shape index (κ3) is 1.52. The minimum atomic E-state index is -0.517. The summed E-state index contributed by atoms with van der Waals surface area (Å²) in [6.07, 6.45) is 0. The summed E-state index contributed by atoms with van der Waals surface area (Å²) >= 11 is 5.76. The molecule has 78 valence electrons. The number of hydrogen-bond acceptors (Lipinski definition) is 5. The summed E-state index contributed by atoms with van der Waals surface area (Å²) < 4.78 is 6.00. The van der Waals surface area contributed by atoms with Gasteiger partial charge in [-0.15, -0.1) is 10.2 Å². The van der Waals surface area contributed by atoms with Crippen molar-refractivity contribution in [1.29, 1.82) is 0 Å². The zero-order valence-corrected chi connectivity index (χ0v) is 8.82. The van der Waals surface area contributed by atoms with Gasteiger partial charge in [0, 0.05) is 0 Å². The second kappa shape index (κ2) is 3.47. The molecule has 0 atom stereocenters. The van der Waals surface area contributed by atoms with Gasteiger partial charge in [0.05, 0.1) is 7.11 Å². The lowest BCUT2D eigenvalue weighted by atomic mass is 10.3. The second-order valence-electron chi connectivity index (χ2n) is 2.85. The highest BCUT2D eigenvalue weighted by atomic mass is 35.5. The molecule has 0 aliphatic carbocycles. The number of aromatic nitrogens is 4. The Kier molecular flexibility index (Phi) is 2.28. The van der Waals surface area contributed by atoms with E-state index in [0.29, 0.717) is 11.5 Å². The molecule has 0 fully saturated rings. The van der Waals surface area contributed by atoms with Gasteiger partial charge >= 0.3 is 5.97 Å². The fourth-order valence-corrected chi connectivity index (χ4v) is 1.40. The van der Waals surface area contributed by atoms with Gasteiger partial charge < -0.3 is 4.74 Å². The Hall–Kier alpha value is -1.69. The van der Waals surface area contributed by atoms with Crippen LogP contribution in [0, 0.1) is 6.92 Å². The third-order valence-electron chi connectivity index (χ3n) is 1.90. The summed E-state index contributed by atoms with van der Waals surface area (Å²) in [5.41, 5.74) is 0.585. The van der Waals surface area contributed by atoms with Crippen LogP contribution in [-0.2, 0) is 4.74 Å². The van der Waals surface area contributed by atoms with Crippen molar-refractivity contribution in [2.75, 3.05) is 7.11 Å². The van der Waals surface area contributed by atoms with E-state index in [9.17, 15) is 4.79 Å². The Balaban J connectivity index is 2.78. The number of halogens is 1. The van der Waals surface area contributed by atoms with Gasteiger partial charge in [-0.2, -0.15) is 9.61 Å². The van der Waals surface area contributed by atoms with E-state index in [1.807, 2.05) is 0 Å². The van der Waals surface area contributed by atoms with Crippen molar-refractivity contribution >= 4 is 23.2 Å². The Morgan fingerprint density at radius 3 is 2.93 bits per heavy atom. The Morgan fingerprint density at radius 2 is 2.27 bits per heavy atom. The molecule has 0 aromatic carbocycles. The van der Waals surface area contributed by atoms with E-state index in [-0.39, 0.29) is 10.7 Å². The van der Waals surface area contributed by atoms with E-state index < -0.39 is 5.97 Å². The first kappa shape index (κ1) is 9.85. The molecule has 0 saturated carbocycles. The summed E-state index contributed by atoms with van der Waals surface area (Å²) in [7, 11) is 1.29. The molecule has 0 aliphatic heterocycles. The number of ether oxygens (including phenoxy) is 1. The normalized spacial score (nSPS) is 10.6. The van der Waals surface area contributed by atoms with Crippen molar-refractivity contribution in [2.24, 2.45) is 0 Å². The van der Waals surface area contributed by atoms with Crippen molar-refractivity contribution in [1.82, 2.24) is 19.8 Å². The lowest BCUT2D eigenvalue weighted by molar-refractivity contribution is 0.0602. The van der Waals surface area contributed by atoms with Crippen molar-refractivity contribution in [3.63, 3.8) is 0 Å². The van der Waals surface area contributed by atoms with Gasteiger partial charge in [-0.25, -0.2) is 4.79 Å². The average Bonchev–Trinajstić information content (AvgIpc) is 2.58. The van der Waals surface area contributed by atoms with Gasteiger partial charge in [0.2, 0.25) is 0 Å². The van der Waals surface area contributed by atoms with Gasteiger partial charge in [-0.05, 0) is 13.0 Å². The highest BCUT2D eigenvalue weighted by molar-refractivity contribution is 6.29. The molecule has 15 heavy (non-hydrogen) atoms. The number of rotatable bonds is 1. The quantitative estimate of drug-likeness (QED) is 0.675. The minimum Gasteiger partial charge on any atom is -0.465 e. The highest BCUT2D eigenvalue weighted by Crippen LogP contribution is 2.14. The summed E-state index contributed by atoms with van der Waals surface area (Å²) in [5.74, 6) is 0.0364. The molecule has 0 saturated heterocycles. The fourth-order valence-electron chi connectivity index (χ4n) is 1.21. The lowest BCUT2D eigenvalue weighted by Crippen LogP contribution is -2.06. The molecule has 0 spiro atoms. The van der Waals surface area contributed by atoms with Crippen LogP contribution in [0.15, 0.2) is 6.07 Å². The first-order valence-corrected chi connectivity index (χ1v) is 4.48. The number of fused-ring (bicyclic) bond motifs is 1. The van der Waals surface area contributed by atoms with E-state index in [1.165, 1.54) is 17.7 Å². The summed E-state index contributed by atoms with van der Waals surface area (Å²) in [6.45, 7) is 1.71. The topological polar surface area (TPSA) is 69.4 Å². The van der Waals surface area contributed by atoms with Gasteiger partial charge in [0.1, 0.15) is 5.56 Å². The molecule has 2 aromatic rings. The number of hydrogen-bond donors (Lipinski definition) is 0. The van der Waals surface area contributed by atoms with E-state index in [0.717, 1.165) is 0 Å². The molecule has 0 radical (unpaired) electrons. The molecule has 0 amide bonds. The predicted molar refractivity (Wildman–Crippen MR) is 51.9 cm³/mol. The van der Waals surface area contributed by atoms with E-state index in [4.69, 9.17) is 11.6 Å². The fraction of sp³-hybridized carbons (Fsp3) is 0.250. The van der Waals surface area contributed by atoms with Crippen molar-refractivity contribution in [2.45, 2.75) is 6.92 Å². The first-order chi connectivity index (χ1) is 7.13. The molecule has 2 heterocycles. The number of carbonyl (C=O) groups excluding carboxylic acids is 1. The Labute approximate surface area is 89.8 Å². The van der Waals surface area contributed by atoms with Gasteiger partial charge in [0.15, 0.2) is 16.6 Å². The maximum absolute atomic E-state index is 11.4. The predicted octanol–water partition coefficient (Wildman–Crippen LogP) is 0.873. The highest BCUT2D eigenvalue weighted by Gasteiger charge is 2.16. The van der Waals surface area contributed by atoms with Crippen LogP contribution in [0.1, 0.15) is 16.2 Å². The number of aryl methyl sites for hydroxylation is 1. The van der Waals surface area contributed by atoms with Crippen molar-refractivity contribution < 1.29 is 9.53 Å². The zero-order valence-electron chi connectivity index (χ0n) is 8.06. The van der Waals surface area contributed by atoms with Crippen LogP contribution in [0.25, 0.3) is 5.65 Å². The van der Waals surface area contributed by atoms with E-state index in [1.54, 1.807) is 6.92 Å². The van der Waals surface area contributed by atoms with E-state index >= 15 is 0 Å². The first-order valence-electron chi connectivity index (χ1n) is 4.10. The summed E-state index contributed by atoms with van der Waals surface area (Å²) in [4.78, 5) is 11.4. The lowest BCUT2D eigenvalue weighted by Gasteiger charge is -2.01. The van der Waals surface area contributed by atoms with Crippen molar-refractivity contribution in [3.8, 4) is 0 Å². The van der Waals surface area contributed by atoms with Crippen LogP contribution in [0.5, 0.6) is 0 Å². The maximum atomic E-state index is 11.4. The summed E-state index contributed by atoms with van der Waals surface area (Å²) in [6, 6.07) is 1.40. The summed E-state index contributed by atoms with van der Waals surface area (Å²) in [5, 5.41) is 11.8. The van der Waals surface area contributed by atoms with Crippen LogP contribution in [0.4, 0.5) is 0 Å². The number of esters is 1. The Morgan fingerprint density at radius 1 is 1.53 bits per heavy atom. The van der Waals surface area contributed by atoms with Gasteiger partial charge in [0.25, 0.3) is 0 Å². The molecule has 0 unspecified atom stereocenters. The maximum Gasteiger partial charge on any atom is 0.341 e. The molecule has 2 aromatic heterocycles. The van der Waals surface area contributed by atoms with Crippen LogP contribution < -0.4 is 0 Å².